The molecule has 0 radical (unpaired) electrons. The fraction of sp³-hybridized carbons (Fsp3) is 0.407. The van der Waals surface area contributed by atoms with Crippen LogP contribution in [0.4, 0.5) is 5.69 Å². The van der Waals surface area contributed by atoms with Crippen molar-refractivity contribution >= 4 is 29.4 Å². The molecule has 9 heteroatoms. The van der Waals surface area contributed by atoms with E-state index in [4.69, 9.17) is 0 Å². The van der Waals surface area contributed by atoms with Crippen LogP contribution in [-0.2, 0) is 25.5 Å². The fourth-order valence-corrected chi connectivity index (χ4v) is 3.63. The van der Waals surface area contributed by atoms with Gasteiger partial charge in [0.05, 0.1) is 18.7 Å². The number of carboxylic acid groups (broad SMARTS) is 1. The molecule has 0 aliphatic carbocycles. The summed E-state index contributed by atoms with van der Waals surface area (Å²) in [5.74, 6) is -2.30. The van der Waals surface area contributed by atoms with E-state index in [1.54, 1.807) is 12.1 Å². The number of methoxy groups -OCH3 is 1. The van der Waals surface area contributed by atoms with Crippen LogP contribution in [0.25, 0.3) is 0 Å². The number of hydrogen-bond acceptors (Lipinski definition) is 6. The average molecular weight is 498 g/mol. The number of carbonyl (C=O) groups excluding carboxylic acids is 3. The van der Waals surface area contributed by atoms with Crippen LogP contribution in [0, 0.1) is 5.92 Å². The van der Waals surface area contributed by atoms with Crippen LogP contribution in [0.3, 0.4) is 0 Å². The Morgan fingerprint density at radius 2 is 1.53 bits per heavy atom. The molecule has 9 nitrogen and oxygen atoms in total. The van der Waals surface area contributed by atoms with Crippen molar-refractivity contribution in [3.05, 3.63) is 65.7 Å². The second-order valence-electron chi connectivity index (χ2n) is 9.05. The zero-order chi connectivity index (χ0) is 26.7. The molecule has 0 aliphatic rings. The summed E-state index contributed by atoms with van der Waals surface area (Å²) in [6.07, 6.45) is 1.31. The third-order valence-corrected chi connectivity index (χ3v) is 5.62. The molecule has 36 heavy (non-hydrogen) atoms. The van der Waals surface area contributed by atoms with E-state index in [2.05, 4.69) is 20.7 Å². The van der Waals surface area contributed by atoms with Crippen LogP contribution >= 0.6 is 0 Å². The first-order valence-electron chi connectivity index (χ1n) is 11.9. The highest BCUT2D eigenvalue weighted by atomic mass is 16.5. The lowest BCUT2D eigenvalue weighted by atomic mass is 10.0. The molecule has 2 aromatic rings. The standard InChI is InChI=1S/C27H35N3O6/c1-17(2)16-23(25(32)29-21-13-11-20(12-14-21)27(35)36-4)30-24(31)22(28-18(3)26(33)34)15-10-19-8-6-5-7-9-19/h5-9,11-14,17-18,22-23,28H,10,15-16H2,1-4H3,(H,29,32)(H,30,31)(H,33,34)/t18-,22+,23+/m1/s1. The summed E-state index contributed by atoms with van der Waals surface area (Å²) >= 11 is 0. The van der Waals surface area contributed by atoms with Crippen molar-refractivity contribution in [3.63, 3.8) is 0 Å². The molecule has 2 amide bonds. The molecular formula is C27H35N3O6. The number of carboxylic acids is 1. The Hall–Kier alpha value is -3.72. The lowest BCUT2D eigenvalue weighted by Gasteiger charge is -2.25. The van der Waals surface area contributed by atoms with Crippen molar-refractivity contribution < 1.29 is 29.0 Å². The predicted molar refractivity (Wildman–Crippen MR) is 137 cm³/mol. The van der Waals surface area contributed by atoms with Gasteiger partial charge < -0.3 is 20.5 Å². The number of hydrogen-bond donors (Lipinski definition) is 4. The quantitative estimate of drug-likeness (QED) is 0.313. The normalized spacial score (nSPS) is 13.4. The summed E-state index contributed by atoms with van der Waals surface area (Å²) in [6.45, 7) is 5.35. The van der Waals surface area contributed by atoms with Gasteiger partial charge in [0.1, 0.15) is 12.1 Å². The summed E-state index contributed by atoms with van der Waals surface area (Å²) in [5.41, 5.74) is 1.84. The van der Waals surface area contributed by atoms with Crippen molar-refractivity contribution in [3.8, 4) is 0 Å². The summed E-state index contributed by atoms with van der Waals surface area (Å²) < 4.78 is 4.68. The van der Waals surface area contributed by atoms with E-state index in [0.29, 0.717) is 30.5 Å². The molecule has 0 heterocycles. The maximum atomic E-state index is 13.2. The van der Waals surface area contributed by atoms with Crippen LogP contribution in [0.5, 0.6) is 0 Å². The van der Waals surface area contributed by atoms with Gasteiger partial charge in [-0.2, -0.15) is 0 Å². The van der Waals surface area contributed by atoms with Gasteiger partial charge in [0.15, 0.2) is 0 Å². The number of aryl methyl sites for hydroxylation is 1. The predicted octanol–water partition coefficient (Wildman–Crippen LogP) is 3.01. The minimum atomic E-state index is -1.07. The Morgan fingerprint density at radius 3 is 2.08 bits per heavy atom. The maximum Gasteiger partial charge on any atom is 0.337 e. The van der Waals surface area contributed by atoms with Gasteiger partial charge >= 0.3 is 11.9 Å². The van der Waals surface area contributed by atoms with Crippen LogP contribution in [0.2, 0.25) is 0 Å². The summed E-state index contributed by atoms with van der Waals surface area (Å²) in [6, 6.07) is 13.2. The number of esters is 1. The molecule has 0 aromatic heterocycles. The van der Waals surface area contributed by atoms with Crippen LogP contribution in [0.1, 0.15) is 49.5 Å². The van der Waals surface area contributed by atoms with Crippen molar-refractivity contribution in [1.82, 2.24) is 10.6 Å². The van der Waals surface area contributed by atoms with Crippen molar-refractivity contribution in [1.29, 1.82) is 0 Å². The molecule has 3 atom stereocenters. The van der Waals surface area contributed by atoms with Crippen LogP contribution < -0.4 is 16.0 Å². The van der Waals surface area contributed by atoms with Gasteiger partial charge in [-0.15, -0.1) is 0 Å². The highest BCUT2D eigenvalue weighted by Gasteiger charge is 2.28. The van der Waals surface area contributed by atoms with E-state index in [0.717, 1.165) is 5.56 Å². The van der Waals surface area contributed by atoms with Gasteiger partial charge in [-0.1, -0.05) is 44.2 Å². The summed E-state index contributed by atoms with van der Waals surface area (Å²) in [4.78, 5) is 49.3. The summed E-state index contributed by atoms with van der Waals surface area (Å²) in [5, 5.41) is 17.8. The number of carbonyl (C=O) groups is 4. The fourth-order valence-electron chi connectivity index (χ4n) is 3.63. The first-order chi connectivity index (χ1) is 17.1. The molecule has 2 aromatic carbocycles. The SMILES string of the molecule is COC(=O)c1ccc(NC(=O)[C@H](CC(C)C)NC(=O)[C@H](CCc2ccccc2)N[C@H](C)C(=O)O)cc1. The van der Waals surface area contributed by atoms with E-state index in [1.165, 1.54) is 26.2 Å². The molecule has 0 bridgehead atoms. The second kappa shape index (κ2) is 14.0. The number of amides is 2. The summed E-state index contributed by atoms with van der Waals surface area (Å²) in [7, 11) is 1.29. The number of rotatable bonds is 13. The van der Waals surface area contributed by atoms with Gasteiger partial charge in [0.25, 0.3) is 0 Å². The Balaban J connectivity index is 2.13. The van der Waals surface area contributed by atoms with E-state index in [-0.39, 0.29) is 5.92 Å². The highest BCUT2D eigenvalue weighted by Crippen LogP contribution is 2.14. The molecular weight excluding hydrogens is 462 g/mol. The van der Waals surface area contributed by atoms with E-state index < -0.39 is 41.9 Å². The monoisotopic (exact) mass is 497 g/mol. The largest absolute Gasteiger partial charge is 0.480 e. The smallest absolute Gasteiger partial charge is 0.337 e. The van der Waals surface area contributed by atoms with Crippen LogP contribution in [-0.4, -0.2) is 54.1 Å². The lowest BCUT2D eigenvalue weighted by molar-refractivity contribution is -0.139. The molecule has 0 fully saturated rings. The Kier molecular flexibility index (Phi) is 11.1. The van der Waals surface area contributed by atoms with E-state index in [1.807, 2.05) is 44.2 Å². The third kappa shape index (κ3) is 9.14. The average Bonchev–Trinajstić information content (AvgIpc) is 2.86. The maximum absolute atomic E-state index is 13.2. The molecule has 0 saturated heterocycles. The zero-order valence-electron chi connectivity index (χ0n) is 21.1. The number of anilines is 1. The Morgan fingerprint density at radius 1 is 0.889 bits per heavy atom. The second-order valence-corrected chi connectivity index (χ2v) is 9.05. The molecule has 0 saturated carbocycles. The lowest BCUT2D eigenvalue weighted by Crippen LogP contribution is -2.54. The Labute approximate surface area is 211 Å². The van der Waals surface area contributed by atoms with Gasteiger partial charge in [-0.05, 0) is 61.9 Å². The van der Waals surface area contributed by atoms with Crippen molar-refractivity contribution in [2.75, 3.05) is 12.4 Å². The number of benzene rings is 2. The van der Waals surface area contributed by atoms with Gasteiger partial charge in [0, 0.05) is 5.69 Å². The number of aliphatic carboxylic acids is 1. The molecule has 0 unspecified atom stereocenters. The van der Waals surface area contributed by atoms with Crippen molar-refractivity contribution in [2.24, 2.45) is 5.92 Å². The van der Waals surface area contributed by atoms with E-state index >= 15 is 0 Å². The minimum absolute atomic E-state index is 0.108. The first kappa shape index (κ1) is 28.5. The topological polar surface area (TPSA) is 134 Å². The molecule has 0 spiro atoms. The third-order valence-electron chi connectivity index (χ3n) is 5.62. The number of ether oxygens (including phenoxy) is 1. The molecule has 4 N–H and O–H groups in total. The van der Waals surface area contributed by atoms with Crippen LogP contribution in [0.15, 0.2) is 54.6 Å². The van der Waals surface area contributed by atoms with Gasteiger partial charge in [-0.3, -0.25) is 19.7 Å². The van der Waals surface area contributed by atoms with E-state index in [9.17, 15) is 24.3 Å². The molecule has 194 valence electrons. The van der Waals surface area contributed by atoms with Gasteiger partial charge in [0.2, 0.25) is 11.8 Å². The first-order valence-corrected chi connectivity index (χ1v) is 11.9. The zero-order valence-corrected chi connectivity index (χ0v) is 21.1. The molecule has 0 aliphatic heterocycles. The van der Waals surface area contributed by atoms with Crippen molar-refractivity contribution in [2.45, 2.75) is 58.2 Å². The number of nitrogens with one attached hydrogen (secondary N) is 3. The molecule has 2 rings (SSSR count). The Bertz CT molecular complexity index is 1020. The highest BCUT2D eigenvalue weighted by molar-refractivity contribution is 5.98. The minimum Gasteiger partial charge on any atom is -0.480 e. The van der Waals surface area contributed by atoms with Gasteiger partial charge in [-0.25, -0.2) is 4.79 Å².